The second-order valence-corrected chi connectivity index (χ2v) is 7.70. The Morgan fingerprint density at radius 1 is 1.26 bits per heavy atom. The minimum Gasteiger partial charge on any atom is -0.490 e. The molecule has 2 aliphatic heterocycles. The number of nitrogens with zero attached hydrogens (tertiary/aromatic N) is 3. The number of ether oxygens (including phenoxy) is 2. The second kappa shape index (κ2) is 9.36. The Morgan fingerprint density at radius 2 is 2.00 bits per heavy atom. The molecule has 0 bridgehead atoms. The third kappa shape index (κ3) is 4.62. The predicted octanol–water partition coefficient (Wildman–Crippen LogP) is 4.68. The van der Waals surface area contributed by atoms with Crippen LogP contribution in [0.3, 0.4) is 0 Å². The number of fused-ring (bicyclic) bond motifs is 1. The second-order valence-electron chi connectivity index (χ2n) is 7.30. The summed E-state index contributed by atoms with van der Waals surface area (Å²) in [5.41, 5.74) is 1.23. The van der Waals surface area contributed by atoms with Crippen LogP contribution in [0.15, 0.2) is 58.8 Å². The molecule has 0 spiro atoms. The molecule has 4 rings (SSSR count). The Morgan fingerprint density at radius 3 is 2.68 bits per heavy atom. The van der Waals surface area contributed by atoms with Crippen molar-refractivity contribution in [2.75, 3.05) is 6.61 Å². The van der Waals surface area contributed by atoms with Crippen LogP contribution in [0.2, 0.25) is 5.02 Å². The van der Waals surface area contributed by atoms with Crippen LogP contribution in [0, 0.1) is 15.5 Å². The topological polar surface area (TPSA) is 127 Å². The van der Waals surface area contributed by atoms with Crippen molar-refractivity contribution >= 4 is 40.9 Å². The average molecular weight is 483 g/mol. The zero-order valence-corrected chi connectivity index (χ0v) is 19.0. The normalized spacial score (nSPS) is 16.1. The number of amidine groups is 2. The van der Waals surface area contributed by atoms with E-state index in [-0.39, 0.29) is 40.3 Å². The summed E-state index contributed by atoms with van der Waals surface area (Å²) in [6.07, 6.45) is 3.06. The number of amides is 1. The number of allylic oxidation sites excluding steroid dienone is 1. The molecule has 2 heterocycles. The van der Waals surface area contributed by atoms with E-state index in [4.69, 9.17) is 31.3 Å². The van der Waals surface area contributed by atoms with Gasteiger partial charge in [0.05, 0.1) is 22.1 Å². The van der Waals surface area contributed by atoms with Gasteiger partial charge >= 0.3 is 0 Å². The lowest BCUT2D eigenvalue weighted by Crippen LogP contribution is -2.38. The van der Waals surface area contributed by atoms with Crippen molar-refractivity contribution in [3.8, 4) is 11.5 Å². The van der Waals surface area contributed by atoms with Gasteiger partial charge in [-0.3, -0.25) is 20.3 Å². The lowest BCUT2D eigenvalue weighted by atomic mass is 10.1. The Balaban J connectivity index is 1.59. The number of hydrogen-bond acceptors (Lipinski definition) is 7. The zero-order valence-electron chi connectivity index (χ0n) is 18.2. The van der Waals surface area contributed by atoms with E-state index >= 15 is 0 Å². The summed E-state index contributed by atoms with van der Waals surface area (Å²) in [7, 11) is 0. The van der Waals surface area contributed by atoms with Gasteiger partial charge in [-0.2, -0.15) is 4.99 Å². The van der Waals surface area contributed by atoms with Gasteiger partial charge in [-0.25, -0.2) is 0 Å². The summed E-state index contributed by atoms with van der Waals surface area (Å²) in [6.45, 7) is 3.94. The van der Waals surface area contributed by atoms with Crippen molar-refractivity contribution in [2.24, 2.45) is 4.99 Å². The molecule has 0 unspecified atom stereocenters. The summed E-state index contributed by atoms with van der Waals surface area (Å²) >= 11 is 6.47. The first-order valence-electron chi connectivity index (χ1n) is 10.2. The molecule has 0 saturated heterocycles. The number of hydroxylamine groups is 2. The van der Waals surface area contributed by atoms with E-state index in [2.05, 4.69) is 4.99 Å². The molecule has 2 aromatic carbocycles. The van der Waals surface area contributed by atoms with E-state index in [0.29, 0.717) is 29.2 Å². The van der Waals surface area contributed by atoms with Crippen LogP contribution in [0.4, 0.5) is 5.69 Å². The minimum atomic E-state index is -0.571. The van der Waals surface area contributed by atoms with E-state index in [0.717, 1.165) is 0 Å². The number of aliphatic imine (C=N–C) groups is 1. The van der Waals surface area contributed by atoms with Gasteiger partial charge < -0.3 is 14.3 Å². The van der Waals surface area contributed by atoms with E-state index in [1.807, 2.05) is 0 Å². The van der Waals surface area contributed by atoms with Crippen LogP contribution in [0.1, 0.15) is 25.0 Å². The number of nitro benzene ring substituents is 1. The molecule has 1 N–H and O–H groups in total. The largest absolute Gasteiger partial charge is 0.490 e. The Labute approximate surface area is 199 Å². The standard InChI is InChI=1S/C23H19ClN4O6/c1-3-32-19-11-15(9-17-22(25)27-20(26-23(17)29)8-13(2)34-27)10-18(24)21(19)33-12-14-4-6-16(7-5-14)28(30)31/h4-11,25H,3,12H2,1-2H3/b17-9+,25-22?. The van der Waals surface area contributed by atoms with Crippen LogP contribution in [-0.4, -0.2) is 34.2 Å². The van der Waals surface area contributed by atoms with E-state index in [1.54, 1.807) is 44.2 Å². The van der Waals surface area contributed by atoms with Gasteiger partial charge in [0.15, 0.2) is 23.2 Å². The quantitative estimate of drug-likeness (QED) is 0.345. The predicted molar refractivity (Wildman–Crippen MR) is 125 cm³/mol. The zero-order chi connectivity index (χ0) is 24.4. The van der Waals surface area contributed by atoms with Gasteiger partial charge in [-0.15, -0.1) is 5.06 Å². The van der Waals surface area contributed by atoms with Crippen LogP contribution in [0.5, 0.6) is 11.5 Å². The first kappa shape index (κ1) is 23.0. The molecular formula is C23H19ClN4O6. The molecule has 0 saturated carbocycles. The first-order chi connectivity index (χ1) is 16.3. The lowest BCUT2D eigenvalue weighted by molar-refractivity contribution is -0.384. The summed E-state index contributed by atoms with van der Waals surface area (Å²) in [4.78, 5) is 32.2. The summed E-state index contributed by atoms with van der Waals surface area (Å²) < 4.78 is 11.5. The maximum Gasteiger partial charge on any atom is 0.282 e. The number of non-ortho nitro benzene ring substituents is 1. The van der Waals surface area contributed by atoms with E-state index < -0.39 is 10.8 Å². The Bertz CT molecular complexity index is 1280. The minimum absolute atomic E-state index is 0.0151. The van der Waals surface area contributed by atoms with Crippen molar-refractivity contribution in [2.45, 2.75) is 20.5 Å². The van der Waals surface area contributed by atoms with Gasteiger partial charge in [-0.1, -0.05) is 11.6 Å². The SMILES string of the molecule is CCOc1cc(/C=C2\C(=N)N3OC(C)=CC3=NC2=O)cc(Cl)c1OCc1ccc([N+](=O)[O-])cc1. The fourth-order valence-corrected chi connectivity index (χ4v) is 3.58. The Kier molecular flexibility index (Phi) is 6.33. The molecule has 0 atom stereocenters. The maximum atomic E-state index is 12.5. The Hall–Kier alpha value is -4.18. The highest BCUT2D eigenvalue weighted by atomic mass is 35.5. The highest BCUT2D eigenvalue weighted by Crippen LogP contribution is 2.38. The first-order valence-corrected chi connectivity index (χ1v) is 10.6. The molecule has 1 amide bonds. The van der Waals surface area contributed by atoms with Crippen LogP contribution < -0.4 is 9.47 Å². The highest BCUT2D eigenvalue weighted by Gasteiger charge is 2.34. The number of halogens is 1. The molecule has 0 aliphatic carbocycles. The van der Waals surface area contributed by atoms with Crippen LogP contribution in [-0.2, 0) is 16.2 Å². The summed E-state index contributed by atoms with van der Waals surface area (Å²) in [6, 6.07) is 9.20. The number of carbonyl (C=O) groups is 1. The third-order valence-electron chi connectivity index (χ3n) is 4.85. The maximum absolute atomic E-state index is 12.5. The molecule has 0 fully saturated rings. The summed E-state index contributed by atoms with van der Waals surface area (Å²) in [5.74, 6) is 0.699. The number of hydrogen-bond donors (Lipinski definition) is 1. The fourth-order valence-electron chi connectivity index (χ4n) is 3.31. The molecule has 174 valence electrons. The third-order valence-corrected chi connectivity index (χ3v) is 5.13. The fraction of sp³-hybridized carbons (Fsp3) is 0.174. The number of nitro groups is 1. The van der Waals surface area contributed by atoms with Crippen LogP contribution in [0.25, 0.3) is 6.08 Å². The number of rotatable bonds is 7. The van der Waals surface area contributed by atoms with Crippen molar-refractivity contribution in [1.82, 2.24) is 5.06 Å². The molecule has 11 heteroatoms. The molecule has 2 aromatic rings. The number of carbonyl (C=O) groups excluding carboxylic acids is 1. The van der Waals surface area contributed by atoms with Crippen molar-refractivity contribution in [3.63, 3.8) is 0 Å². The molecule has 10 nitrogen and oxygen atoms in total. The molecule has 2 aliphatic rings. The highest BCUT2D eigenvalue weighted by molar-refractivity contribution is 6.33. The van der Waals surface area contributed by atoms with Gasteiger partial charge in [0, 0.05) is 18.2 Å². The molecule has 0 radical (unpaired) electrons. The number of benzene rings is 2. The van der Waals surface area contributed by atoms with E-state index in [9.17, 15) is 14.9 Å². The summed E-state index contributed by atoms with van der Waals surface area (Å²) in [5, 5.41) is 20.6. The van der Waals surface area contributed by atoms with Gasteiger partial charge in [-0.05, 0) is 55.3 Å². The molecule has 34 heavy (non-hydrogen) atoms. The molecular weight excluding hydrogens is 464 g/mol. The van der Waals surface area contributed by atoms with Gasteiger partial charge in [0.2, 0.25) is 0 Å². The average Bonchev–Trinajstić information content (AvgIpc) is 3.16. The van der Waals surface area contributed by atoms with Gasteiger partial charge in [0.25, 0.3) is 11.6 Å². The lowest BCUT2D eigenvalue weighted by Gasteiger charge is -2.23. The van der Waals surface area contributed by atoms with Gasteiger partial charge in [0.1, 0.15) is 12.4 Å². The molecule has 0 aromatic heterocycles. The van der Waals surface area contributed by atoms with Crippen molar-refractivity contribution < 1.29 is 24.0 Å². The number of nitrogens with one attached hydrogen (secondary N) is 1. The van der Waals surface area contributed by atoms with Crippen molar-refractivity contribution in [3.05, 3.63) is 80.1 Å². The smallest absolute Gasteiger partial charge is 0.282 e. The van der Waals surface area contributed by atoms with E-state index in [1.165, 1.54) is 23.3 Å². The van der Waals surface area contributed by atoms with Crippen molar-refractivity contribution in [1.29, 1.82) is 5.41 Å². The monoisotopic (exact) mass is 482 g/mol. The van der Waals surface area contributed by atoms with Crippen LogP contribution >= 0.6 is 11.6 Å².